The Hall–Kier alpha value is -2.48. The second-order valence-corrected chi connectivity index (χ2v) is 3.98. The second kappa shape index (κ2) is 7.85. The maximum atomic E-state index is 10.4. The number of hydrogen-bond donors (Lipinski definition) is 1. The van der Waals surface area contributed by atoms with E-state index in [0.29, 0.717) is 18.2 Å². The van der Waals surface area contributed by atoms with Crippen LogP contribution in [-0.2, 0) is 0 Å². The lowest BCUT2D eigenvalue weighted by Crippen LogP contribution is -2.37. The number of hydrazone groups is 1. The number of nitro groups is 1. The molecule has 0 saturated heterocycles. The van der Waals surface area contributed by atoms with E-state index in [1.54, 1.807) is 17.1 Å². The average Bonchev–Trinajstić information content (AvgIpc) is 2.87. The highest BCUT2D eigenvalue weighted by molar-refractivity contribution is 7.80. The Labute approximate surface area is 121 Å². The summed E-state index contributed by atoms with van der Waals surface area (Å²) in [5, 5.41) is 14.7. The van der Waals surface area contributed by atoms with Crippen molar-refractivity contribution >= 4 is 29.4 Å². The third kappa shape index (κ3) is 4.65. The molecule has 0 unspecified atom stereocenters. The van der Waals surface area contributed by atoms with Gasteiger partial charge in [-0.15, -0.1) is 13.2 Å². The predicted octanol–water partition coefficient (Wildman–Crippen LogP) is 2.07. The fourth-order valence-electron chi connectivity index (χ4n) is 1.28. The molecule has 0 aromatic carbocycles. The van der Waals surface area contributed by atoms with Crippen molar-refractivity contribution in [3.8, 4) is 0 Å². The zero-order valence-corrected chi connectivity index (χ0v) is 11.5. The number of thiocarbonyl (C=S) groups is 1. The Morgan fingerprint density at radius 3 is 2.65 bits per heavy atom. The van der Waals surface area contributed by atoms with E-state index in [-0.39, 0.29) is 11.6 Å². The zero-order valence-electron chi connectivity index (χ0n) is 10.7. The molecule has 1 aromatic heterocycles. The van der Waals surface area contributed by atoms with Gasteiger partial charge in [-0.25, -0.2) is 0 Å². The quantitative estimate of drug-likeness (QED) is 0.272. The molecule has 1 rings (SSSR count). The van der Waals surface area contributed by atoms with Gasteiger partial charge in [-0.1, -0.05) is 12.2 Å². The Kier molecular flexibility index (Phi) is 6.11. The van der Waals surface area contributed by atoms with Gasteiger partial charge in [-0.05, 0) is 18.3 Å². The topological polar surface area (TPSA) is 83.9 Å². The molecule has 0 aliphatic heterocycles. The van der Waals surface area contributed by atoms with Crippen LogP contribution < -0.4 is 5.43 Å². The predicted molar refractivity (Wildman–Crippen MR) is 80.7 cm³/mol. The van der Waals surface area contributed by atoms with Crippen molar-refractivity contribution in [2.75, 3.05) is 13.1 Å². The highest BCUT2D eigenvalue weighted by Gasteiger charge is 2.10. The van der Waals surface area contributed by atoms with Gasteiger partial charge < -0.3 is 9.32 Å². The molecule has 0 radical (unpaired) electrons. The van der Waals surface area contributed by atoms with Crippen molar-refractivity contribution < 1.29 is 9.34 Å². The van der Waals surface area contributed by atoms with Crippen LogP contribution in [0, 0.1) is 10.1 Å². The molecule has 0 aliphatic carbocycles. The van der Waals surface area contributed by atoms with Gasteiger partial charge >= 0.3 is 5.88 Å². The molecule has 0 spiro atoms. The lowest BCUT2D eigenvalue weighted by Gasteiger charge is -2.20. The molecular formula is C12H14N4O3S. The zero-order chi connectivity index (χ0) is 15.0. The van der Waals surface area contributed by atoms with Crippen LogP contribution in [0.5, 0.6) is 0 Å². The fourth-order valence-corrected chi connectivity index (χ4v) is 1.49. The van der Waals surface area contributed by atoms with E-state index in [1.165, 1.54) is 18.3 Å². The van der Waals surface area contributed by atoms with E-state index in [1.807, 2.05) is 0 Å². The van der Waals surface area contributed by atoms with E-state index in [2.05, 4.69) is 23.7 Å². The summed E-state index contributed by atoms with van der Waals surface area (Å²) in [6.07, 6.45) is 4.72. The van der Waals surface area contributed by atoms with Gasteiger partial charge in [0.25, 0.3) is 0 Å². The van der Waals surface area contributed by atoms with Crippen LogP contribution in [0.1, 0.15) is 5.76 Å². The second-order valence-electron chi connectivity index (χ2n) is 3.59. The van der Waals surface area contributed by atoms with Gasteiger partial charge in [0, 0.05) is 13.1 Å². The van der Waals surface area contributed by atoms with Gasteiger partial charge in [0.05, 0.1) is 12.3 Å². The van der Waals surface area contributed by atoms with Crippen molar-refractivity contribution in [2.24, 2.45) is 5.10 Å². The number of nitrogens with zero attached hydrogens (tertiary/aromatic N) is 3. The molecule has 0 aliphatic rings. The summed E-state index contributed by atoms with van der Waals surface area (Å²) >= 11 is 5.14. The third-order valence-electron chi connectivity index (χ3n) is 2.13. The van der Waals surface area contributed by atoms with Crippen LogP contribution in [-0.4, -0.2) is 34.2 Å². The van der Waals surface area contributed by atoms with E-state index < -0.39 is 4.92 Å². The summed E-state index contributed by atoms with van der Waals surface area (Å²) in [7, 11) is 0. The lowest BCUT2D eigenvalue weighted by molar-refractivity contribution is -0.402. The van der Waals surface area contributed by atoms with Crippen molar-refractivity contribution in [1.29, 1.82) is 0 Å². The standard InChI is InChI=1S/C12H14N4O3S/c1-3-7-15(8-4-2)12(20)14-13-9-10-5-6-11(19-10)16(17)18/h3-6,9H,1-2,7-8H2,(H,14,20)/b13-9-. The molecule has 8 heteroatoms. The van der Waals surface area contributed by atoms with Gasteiger partial charge in [0.1, 0.15) is 4.92 Å². The van der Waals surface area contributed by atoms with Crippen LogP contribution in [0.15, 0.2) is 47.0 Å². The van der Waals surface area contributed by atoms with Crippen molar-refractivity contribution in [3.63, 3.8) is 0 Å². The summed E-state index contributed by atoms with van der Waals surface area (Å²) in [6, 6.07) is 2.69. The summed E-state index contributed by atoms with van der Waals surface area (Å²) in [6.45, 7) is 8.37. The molecule has 1 N–H and O–H groups in total. The molecule has 1 heterocycles. The van der Waals surface area contributed by atoms with Crippen LogP contribution in [0.25, 0.3) is 0 Å². The summed E-state index contributed by atoms with van der Waals surface area (Å²) in [5.41, 5.74) is 2.64. The molecule has 0 saturated carbocycles. The molecule has 0 bridgehead atoms. The van der Waals surface area contributed by atoms with Gasteiger partial charge in [-0.3, -0.25) is 15.5 Å². The van der Waals surface area contributed by atoms with E-state index >= 15 is 0 Å². The van der Waals surface area contributed by atoms with Gasteiger partial charge in [0.2, 0.25) is 0 Å². The first-order valence-electron chi connectivity index (χ1n) is 5.62. The Bertz CT molecular complexity index is 529. The lowest BCUT2D eigenvalue weighted by atomic mass is 10.5. The number of hydrogen-bond acceptors (Lipinski definition) is 5. The minimum atomic E-state index is -0.620. The van der Waals surface area contributed by atoms with Crippen LogP contribution in [0.2, 0.25) is 0 Å². The Morgan fingerprint density at radius 1 is 1.50 bits per heavy atom. The first-order chi connectivity index (χ1) is 9.58. The van der Waals surface area contributed by atoms with E-state index in [4.69, 9.17) is 16.6 Å². The number of rotatable bonds is 7. The molecule has 0 atom stereocenters. The Morgan fingerprint density at radius 2 is 2.15 bits per heavy atom. The van der Waals surface area contributed by atoms with Crippen molar-refractivity contribution in [2.45, 2.75) is 0 Å². The molecule has 7 nitrogen and oxygen atoms in total. The number of nitrogens with one attached hydrogen (secondary N) is 1. The largest absolute Gasteiger partial charge is 0.433 e. The average molecular weight is 294 g/mol. The summed E-state index contributed by atoms with van der Waals surface area (Å²) < 4.78 is 4.90. The van der Waals surface area contributed by atoms with Gasteiger partial charge in [0.15, 0.2) is 10.9 Å². The highest BCUT2D eigenvalue weighted by atomic mass is 32.1. The monoisotopic (exact) mass is 294 g/mol. The molecule has 20 heavy (non-hydrogen) atoms. The van der Waals surface area contributed by atoms with E-state index in [0.717, 1.165) is 0 Å². The fraction of sp³-hybridized carbons (Fsp3) is 0.167. The van der Waals surface area contributed by atoms with Crippen LogP contribution in [0.4, 0.5) is 5.88 Å². The maximum Gasteiger partial charge on any atom is 0.433 e. The van der Waals surface area contributed by atoms with Crippen LogP contribution in [0.3, 0.4) is 0 Å². The molecular weight excluding hydrogens is 280 g/mol. The maximum absolute atomic E-state index is 10.4. The normalized spacial score (nSPS) is 10.2. The molecule has 1 aromatic rings. The minimum absolute atomic E-state index is 0.256. The molecule has 106 valence electrons. The smallest absolute Gasteiger partial charge is 0.400 e. The van der Waals surface area contributed by atoms with Crippen molar-refractivity contribution in [3.05, 3.63) is 53.3 Å². The first kappa shape index (κ1) is 15.6. The van der Waals surface area contributed by atoms with Crippen molar-refractivity contribution in [1.82, 2.24) is 10.3 Å². The SMILES string of the molecule is C=CCN(CC=C)C(=S)N/N=C\c1ccc([N+](=O)[O-])o1. The summed E-state index contributed by atoms with van der Waals surface area (Å²) in [5.74, 6) is -0.0834. The summed E-state index contributed by atoms with van der Waals surface area (Å²) in [4.78, 5) is 11.6. The first-order valence-corrected chi connectivity index (χ1v) is 6.03. The highest BCUT2D eigenvalue weighted by Crippen LogP contribution is 2.13. The van der Waals surface area contributed by atoms with Gasteiger partial charge in [-0.2, -0.15) is 5.10 Å². The molecule has 0 fully saturated rings. The molecule has 0 amide bonds. The van der Waals surface area contributed by atoms with E-state index in [9.17, 15) is 10.1 Å². The number of furan rings is 1. The van der Waals surface area contributed by atoms with Crippen LogP contribution >= 0.6 is 12.2 Å². The third-order valence-corrected chi connectivity index (χ3v) is 2.48. The minimum Gasteiger partial charge on any atom is -0.400 e. The Balaban J connectivity index is 2.57.